The Morgan fingerprint density at radius 2 is 1.37 bits per heavy atom. The fourth-order valence-electron chi connectivity index (χ4n) is 4.35. The Hall–Kier alpha value is -1.53. The summed E-state index contributed by atoms with van der Waals surface area (Å²) in [5.74, 6) is 0. The summed E-state index contributed by atoms with van der Waals surface area (Å²) >= 11 is 0. The Bertz CT molecular complexity index is 1270. The Balaban J connectivity index is 0.00000107. The van der Waals surface area contributed by atoms with E-state index < -0.39 is 0 Å². The van der Waals surface area contributed by atoms with Crippen molar-refractivity contribution in [2.45, 2.75) is 26.2 Å². The number of unbranched alkanes of at least 4 members (excludes halogenated alkanes) is 1. The van der Waals surface area contributed by atoms with Crippen LogP contribution in [0.4, 0.5) is 0 Å². The minimum absolute atomic E-state index is 0. The first kappa shape index (κ1) is 24.7. The molecule has 0 aliphatic heterocycles. The van der Waals surface area contributed by atoms with Crippen molar-refractivity contribution in [3.63, 3.8) is 0 Å². The molecule has 0 atom stereocenters. The molecule has 0 saturated carbocycles. The Morgan fingerprint density at radius 1 is 0.700 bits per heavy atom. The van der Waals surface area contributed by atoms with Crippen LogP contribution in [-0.4, -0.2) is 0 Å². The van der Waals surface area contributed by atoms with E-state index in [9.17, 15) is 0 Å². The minimum atomic E-state index is 0. The van der Waals surface area contributed by atoms with Crippen molar-refractivity contribution in [3.05, 3.63) is 90.5 Å². The molecule has 5 aromatic rings. The van der Waals surface area contributed by atoms with E-state index in [0.29, 0.717) is 0 Å². The third-order valence-electron chi connectivity index (χ3n) is 5.70. The molecule has 0 aliphatic rings. The molecule has 149 valence electrons. The molecule has 5 aromatic carbocycles. The number of benzene rings is 4. The van der Waals surface area contributed by atoms with Gasteiger partial charge in [-0.1, -0.05) is 73.9 Å². The second-order valence-corrected chi connectivity index (χ2v) is 7.46. The van der Waals surface area contributed by atoms with Crippen LogP contribution >= 0.6 is 0 Å². The van der Waals surface area contributed by atoms with Crippen LogP contribution in [0.1, 0.15) is 25.3 Å². The third kappa shape index (κ3) is 4.40. The van der Waals surface area contributed by atoms with Gasteiger partial charge in [-0.2, -0.15) is 0 Å². The van der Waals surface area contributed by atoms with Crippen LogP contribution in [0.5, 0.6) is 0 Å². The SMILES string of the molecule is CCCCc1[cH-]c2ccccc2c1-c1cccc2cc3ccccc3cc12.[Cl-].[Cl-].[Zr+3]. The monoisotopic (exact) mass is 507 g/mol. The van der Waals surface area contributed by atoms with Gasteiger partial charge >= 0.3 is 26.2 Å². The molecule has 0 nitrogen and oxygen atoms in total. The summed E-state index contributed by atoms with van der Waals surface area (Å²) in [7, 11) is 0. The number of hydrogen-bond acceptors (Lipinski definition) is 0. The predicted molar refractivity (Wildman–Crippen MR) is 119 cm³/mol. The summed E-state index contributed by atoms with van der Waals surface area (Å²) in [6, 6.07) is 31.3. The molecule has 3 heteroatoms. The maximum absolute atomic E-state index is 2.40. The molecule has 0 heterocycles. The molecule has 5 rings (SSSR count). The fraction of sp³-hybridized carbons (Fsp3) is 0.148. The van der Waals surface area contributed by atoms with E-state index in [4.69, 9.17) is 0 Å². The Labute approximate surface area is 210 Å². The molecular formula is C27H23Cl2Zr. The van der Waals surface area contributed by atoms with Crippen LogP contribution in [0, 0.1) is 0 Å². The van der Waals surface area contributed by atoms with E-state index in [1.807, 2.05) is 0 Å². The van der Waals surface area contributed by atoms with Gasteiger partial charge in [-0.15, -0.1) is 46.2 Å². The zero-order valence-electron chi connectivity index (χ0n) is 17.0. The van der Waals surface area contributed by atoms with E-state index >= 15 is 0 Å². The predicted octanol–water partition coefficient (Wildman–Crippen LogP) is 1.88. The van der Waals surface area contributed by atoms with Gasteiger partial charge in [0.15, 0.2) is 0 Å². The zero-order valence-corrected chi connectivity index (χ0v) is 20.9. The quantitative estimate of drug-likeness (QED) is 0.257. The maximum Gasteiger partial charge on any atom is 3.00 e. The summed E-state index contributed by atoms with van der Waals surface area (Å²) in [5, 5.41) is 8.02. The molecule has 0 spiro atoms. The van der Waals surface area contributed by atoms with Gasteiger partial charge in [-0.3, -0.25) is 0 Å². The van der Waals surface area contributed by atoms with Gasteiger partial charge in [0, 0.05) is 0 Å². The standard InChI is InChI=1S/C27H23.2ClH.Zr/c1-2-3-9-23-17-21-12-6-7-14-24(21)27(23)25-15-8-13-22-16-19-10-4-5-11-20(19)18-26(22)25;;;/h4-8,10-18H,2-3,9H2,1H3;2*1H;/q-1;;;+3/p-2. The van der Waals surface area contributed by atoms with Crippen molar-refractivity contribution in [2.24, 2.45) is 0 Å². The second kappa shape index (κ2) is 10.7. The van der Waals surface area contributed by atoms with Crippen molar-refractivity contribution >= 4 is 32.3 Å². The van der Waals surface area contributed by atoms with Gasteiger partial charge in [0.2, 0.25) is 0 Å². The van der Waals surface area contributed by atoms with Gasteiger partial charge in [-0.05, 0) is 40.1 Å². The molecule has 1 radical (unpaired) electrons. The first-order chi connectivity index (χ1) is 13.3. The molecule has 0 amide bonds. The molecule has 0 bridgehead atoms. The second-order valence-electron chi connectivity index (χ2n) is 7.46. The number of hydrogen-bond donors (Lipinski definition) is 0. The van der Waals surface area contributed by atoms with E-state index in [2.05, 4.69) is 91.9 Å². The van der Waals surface area contributed by atoms with Crippen LogP contribution in [0.25, 0.3) is 43.4 Å². The van der Waals surface area contributed by atoms with Crippen molar-refractivity contribution in [1.29, 1.82) is 0 Å². The molecular weight excluding hydrogens is 486 g/mol. The molecule has 0 unspecified atom stereocenters. The van der Waals surface area contributed by atoms with Crippen LogP contribution < -0.4 is 24.8 Å². The smallest absolute Gasteiger partial charge is 1.00 e. The minimum Gasteiger partial charge on any atom is -1.00 e. The normalized spacial score (nSPS) is 10.4. The summed E-state index contributed by atoms with van der Waals surface area (Å²) in [4.78, 5) is 0. The van der Waals surface area contributed by atoms with Crippen LogP contribution in [0.3, 0.4) is 0 Å². The van der Waals surface area contributed by atoms with E-state index in [1.54, 1.807) is 0 Å². The van der Waals surface area contributed by atoms with Gasteiger partial charge in [-0.25, -0.2) is 0 Å². The van der Waals surface area contributed by atoms with Crippen molar-refractivity contribution in [3.8, 4) is 11.1 Å². The summed E-state index contributed by atoms with van der Waals surface area (Å²) in [5.41, 5.74) is 4.28. The zero-order chi connectivity index (χ0) is 18.2. The molecule has 0 aliphatic carbocycles. The van der Waals surface area contributed by atoms with Crippen molar-refractivity contribution < 1.29 is 51.0 Å². The summed E-state index contributed by atoms with van der Waals surface area (Å²) < 4.78 is 0. The Kier molecular flexibility index (Phi) is 8.80. The third-order valence-corrected chi connectivity index (χ3v) is 5.70. The van der Waals surface area contributed by atoms with Crippen molar-refractivity contribution in [1.82, 2.24) is 0 Å². The molecule has 0 aromatic heterocycles. The van der Waals surface area contributed by atoms with Crippen LogP contribution in [0.2, 0.25) is 0 Å². The van der Waals surface area contributed by atoms with Crippen LogP contribution in [-0.2, 0) is 32.6 Å². The summed E-state index contributed by atoms with van der Waals surface area (Å²) in [6.45, 7) is 2.27. The van der Waals surface area contributed by atoms with Gasteiger partial charge < -0.3 is 24.8 Å². The number of aryl methyl sites for hydroxylation is 1. The topological polar surface area (TPSA) is 0 Å². The van der Waals surface area contributed by atoms with Crippen LogP contribution in [0.15, 0.2) is 84.9 Å². The molecule has 0 fully saturated rings. The number of rotatable bonds is 4. The molecule has 0 saturated heterocycles. The first-order valence-electron chi connectivity index (χ1n) is 9.94. The average Bonchev–Trinajstić information content (AvgIpc) is 3.08. The molecule has 0 N–H and O–H groups in total. The Morgan fingerprint density at radius 3 is 2.13 bits per heavy atom. The maximum atomic E-state index is 2.40. The molecule has 30 heavy (non-hydrogen) atoms. The van der Waals surface area contributed by atoms with Crippen molar-refractivity contribution in [2.75, 3.05) is 0 Å². The number of halogens is 2. The number of fused-ring (bicyclic) bond motifs is 3. The summed E-state index contributed by atoms with van der Waals surface area (Å²) in [6.07, 6.45) is 3.60. The van der Waals surface area contributed by atoms with E-state index in [-0.39, 0.29) is 51.0 Å². The van der Waals surface area contributed by atoms with Gasteiger partial charge in [0.1, 0.15) is 0 Å². The van der Waals surface area contributed by atoms with E-state index in [1.165, 1.54) is 61.8 Å². The average molecular weight is 510 g/mol. The fourth-order valence-corrected chi connectivity index (χ4v) is 4.35. The van der Waals surface area contributed by atoms with Gasteiger partial charge in [0.25, 0.3) is 0 Å². The largest absolute Gasteiger partial charge is 3.00 e. The van der Waals surface area contributed by atoms with E-state index in [0.717, 1.165) is 6.42 Å². The first-order valence-corrected chi connectivity index (χ1v) is 9.94. The van der Waals surface area contributed by atoms with Gasteiger partial charge in [0.05, 0.1) is 0 Å².